The topological polar surface area (TPSA) is 46.4 Å². The van der Waals surface area contributed by atoms with Crippen molar-refractivity contribution in [1.82, 2.24) is 19.4 Å². The Kier molecular flexibility index (Phi) is 14.7. The number of imidazole rings is 1. The lowest BCUT2D eigenvalue weighted by Gasteiger charge is -2.55. The Morgan fingerprint density at radius 2 is 1.67 bits per heavy atom. The molecule has 278 valence electrons. The molecule has 4 aromatic rings. The quantitative estimate of drug-likeness (QED) is 0.191. The second-order valence-corrected chi connectivity index (χ2v) is 13.8. The maximum absolute atomic E-state index is 6.74. The van der Waals surface area contributed by atoms with E-state index in [1.54, 1.807) is 0 Å². The summed E-state index contributed by atoms with van der Waals surface area (Å²) in [4.78, 5) is 15.4. The highest BCUT2D eigenvalue weighted by molar-refractivity contribution is 6.35. The van der Waals surface area contributed by atoms with E-state index in [1.807, 2.05) is 73.7 Å². The van der Waals surface area contributed by atoms with Gasteiger partial charge in [-0.2, -0.15) is 0 Å². The van der Waals surface area contributed by atoms with Crippen molar-refractivity contribution in [3.05, 3.63) is 94.0 Å². The number of ether oxygens (including phenoxy) is 1. The van der Waals surface area contributed by atoms with E-state index in [0.717, 1.165) is 74.5 Å². The van der Waals surface area contributed by atoms with Gasteiger partial charge in [-0.05, 0) is 85.5 Å². The van der Waals surface area contributed by atoms with Crippen molar-refractivity contribution in [2.75, 3.05) is 24.6 Å². The Labute approximate surface area is 314 Å². The van der Waals surface area contributed by atoms with Crippen molar-refractivity contribution in [2.24, 2.45) is 0 Å². The van der Waals surface area contributed by atoms with Crippen LogP contribution >= 0.6 is 11.6 Å². The number of rotatable bonds is 7. The molecule has 2 aliphatic heterocycles. The Morgan fingerprint density at radius 3 is 2.27 bits per heavy atom. The molecule has 3 fully saturated rings. The zero-order valence-corrected chi connectivity index (χ0v) is 34.0. The van der Waals surface area contributed by atoms with Gasteiger partial charge in [0.2, 0.25) is 0 Å². The zero-order chi connectivity index (χ0) is 37.3. The predicted octanol–water partition coefficient (Wildman–Crippen LogP) is 10.8. The van der Waals surface area contributed by atoms with Gasteiger partial charge in [0.1, 0.15) is 11.3 Å². The largest absolute Gasteiger partial charge is 0.376 e. The fraction of sp³-hybridized carbons (Fsp3) is 0.545. The van der Waals surface area contributed by atoms with Gasteiger partial charge < -0.3 is 14.2 Å². The van der Waals surface area contributed by atoms with E-state index >= 15 is 0 Å². The predicted molar refractivity (Wildman–Crippen MR) is 219 cm³/mol. The second kappa shape index (κ2) is 18.5. The van der Waals surface area contributed by atoms with Crippen LogP contribution in [0, 0.1) is 6.92 Å². The van der Waals surface area contributed by atoms with Gasteiger partial charge >= 0.3 is 0 Å². The molecule has 4 atom stereocenters. The number of piperazine rings is 1. The molecule has 7 heteroatoms. The first-order valence-electron chi connectivity index (χ1n) is 19.9. The number of pyridine rings is 1. The molecular weight excluding hydrogens is 650 g/mol. The highest BCUT2D eigenvalue weighted by atomic mass is 35.5. The number of benzene rings is 2. The number of nitrogens with zero attached hydrogens (tertiary/aromatic N) is 5. The van der Waals surface area contributed by atoms with Crippen LogP contribution < -0.4 is 4.90 Å². The van der Waals surface area contributed by atoms with Gasteiger partial charge in [0.25, 0.3) is 0 Å². The Balaban J connectivity index is 0.000000684. The fourth-order valence-electron chi connectivity index (χ4n) is 7.96. The van der Waals surface area contributed by atoms with Gasteiger partial charge in [0, 0.05) is 54.8 Å². The Bertz CT molecular complexity index is 1710. The smallest absolute Gasteiger partial charge is 0.124 e. The third kappa shape index (κ3) is 8.24. The Morgan fingerprint density at radius 1 is 0.941 bits per heavy atom. The Hall–Kier alpha value is -3.19. The summed E-state index contributed by atoms with van der Waals surface area (Å²) in [5.74, 6) is 1.09. The molecule has 2 aromatic heterocycles. The summed E-state index contributed by atoms with van der Waals surface area (Å²) in [5, 5.41) is 0.694. The standard InChI is InChI=1S/C36H40ClN5O.4C2H6/c1-4-24-16-28(37)35-32(17-24)42(21-26-12-15-43-26)34(39-35)22-40-13-14-41(31-10-9-30(31)40)29-7-5-6-25-18-36(3,19-27(25)29)33-11-8-23(2)20-38-33;4*1-2/h4-8,11,16-17,20,26,30-31H,1,9-10,12-15,18-19,21-22H2,2-3H3;4*1-2H3. The highest BCUT2D eigenvalue weighted by Gasteiger charge is 2.45. The minimum Gasteiger partial charge on any atom is -0.376 e. The minimum atomic E-state index is 0.0446. The van der Waals surface area contributed by atoms with Crippen molar-refractivity contribution in [1.29, 1.82) is 0 Å². The van der Waals surface area contributed by atoms with Gasteiger partial charge in [-0.15, -0.1) is 0 Å². The summed E-state index contributed by atoms with van der Waals surface area (Å²) in [5.41, 5.74) is 9.93. The molecule has 4 heterocycles. The van der Waals surface area contributed by atoms with Crippen molar-refractivity contribution in [3.63, 3.8) is 0 Å². The van der Waals surface area contributed by atoms with E-state index in [-0.39, 0.29) is 11.5 Å². The summed E-state index contributed by atoms with van der Waals surface area (Å²) in [7, 11) is 0. The third-order valence-electron chi connectivity index (χ3n) is 10.6. The maximum atomic E-state index is 6.74. The van der Waals surface area contributed by atoms with Gasteiger partial charge in [0.05, 0.1) is 29.7 Å². The zero-order valence-electron chi connectivity index (χ0n) is 33.2. The molecule has 2 saturated heterocycles. The van der Waals surface area contributed by atoms with Crippen molar-refractivity contribution in [3.8, 4) is 0 Å². The lowest BCUT2D eigenvalue weighted by atomic mass is 9.80. The highest BCUT2D eigenvalue weighted by Crippen LogP contribution is 2.46. The average molecular weight is 714 g/mol. The van der Waals surface area contributed by atoms with Gasteiger partial charge in [-0.3, -0.25) is 9.88 Å². The number of halogens is 1. The van der Waals surface area contributed by atoms with Crippen molar-refractivity contribution in [2.45, 2.75) is 138 Å². The molecule has 4 aliphatic rings. The van der Waals surface area contributed by atoms with E-state index in [0.29, 0.717) is 17.1 Å². The molecule has 0 spiro atoms. The van der Waals surface area contributed by atoms with Crippen LogP contribution in [0.25, 0.3) is 17.1 Å². The number of aromatic nitrogens is 3. The first-order chi connectivity index (χ1) is 24.9. The van der Waals surface area contributed by atoms with E-state index in [2.05, 4.69) is 71.2 Å². The van der Waals surface area contributed by atoms with Crippen LogP contribution in [-0.2, 0) is 36.1 Å². The van der Waals surface area contributed by atoms with Crippen LogP contribution in [0.2, 0.25) is 5.02 Å². The first-order valence-corrected chi connectivity index (χ1v) is 20.3. The van der Waals surface area contributed by atoms with Crippen LogP contribution in [0.5, 0.6) is 0 Å². The maximum Gasteiger partial charge on any atom is 0.124 e. The van der Waals surface area contributed by atoms with Crippen molar-refractivity contribution < 1.29 is 4.74 Å². The molecular formula is C44H64ClN5O. The first kappa shape index (κ1) is 40.6. The molecule has 0 bridgehead atoms. The van der Waals surface area contributed by atoms with E-state index in [4.69, 9.17) is 26.3 Å². The lowest BCUT2D eigenvalue weighted by molar-refractivity contribution is -0.0594. The molecule has 0 radical (unpaired) electrons. The van der Waals surface area contributed by atoms with E-state index in [9.17, 15) is 0 Å². The van der Waals surface area contributed by atoms with Gasteiger partial charge in [-0.25, -0.2) is 4.98 Å². The molecule has 51 heavy (non-hydrogen) atoms. The summed E-state index contributed by atoms with van der Waals surface area (Å²) in [6, 6.07) is 16.6. The SMILES string of the molecule is C=Cc1cc(Cl)c2nc(CN3CCN(c4cccc5c4CC(C)(c4ccc(C)cn4)C5)C4CCC43)n(CC3CCO3)c2c1.CC.CC.CC.CC. The summed E-state index contributed by atoms with van der Waals surface area (Å²) >= 11 is 6.74. The number of aryl methyl sites for hydroxylation is 1. The normalized spacial score (nSPS) is 22.9. The summed E-state index contributed by atoms with van der Waals surface area (Å²) in [6.07, 6.45) is 9.79. The van der Waals surface area contributed by atoms with Crippen LogP contribution in [-0.4, -0.2) is 57.3 Å². The van der Waals surface area contributed by atoms with E-state index < -0.39 is 0 Å². The summed E-state index contributed by atoms with van der Waals surface area (Å²) < 4.78 is 8.22. The van der Waals surface area contributed by atoms with Crippen LogP contribution in [0.1, 0.15) is 115 Å². The molecule has 2 aromatic carbocycles. The van der Waals surface area contributed by atoms with Crippen LogP contribution in [0.15, 0.2) is 55.2 Å². The third-order valence-corrected chi connectivity index (χ3v) is 10.9. The number of hydrogen-bond donors (Lipinski definition) is 0. The monoisotopic (exact) mass is 713 g/mol. The number of hydrogen-bond acceptors (Lipinski definition) is 5. The molecule has 2 aliphatic carbocycles. The molecule has 8 rings (SSSR count). The lowest BCUT2D eigenvalue weighted by Crippen LogP contribution is -2.64. The van der Waals surface area contributed by atoms with E-state index in [1.165, 1.54) is 40.9 Å². The molecule has 1 saturated carbocycles. The minimum absolute atomic E-state index is 0.0446. The molecule has 0 amide bonds. The molecule has 4 unspecified atom stereocenters. The van der Waals surface area contributed by atoms with Crippen LogP contribution in [0.4, 0.5) is 5.69 Å². The summed E-state index contributed by atoms with van der Waals surface area (Å²) in [6.45, 7) is 29.0. The number of anilines is 1. The van der Waals surface area contributed by atoms with Gasteiger partial charge in [-0.1, -0.05) is 105 Å². The van der Waals surface area contributed by atoms with Crippen molar-refractivity contribution >= 4 is 34.4 Å². The second-order valence-electron chi connectivity index (χ2n) is 13.4. The molecule has 6 nitrogen and oxygen atoms in total. The fourth-order valence-corrected chi connectivity index (χ4v) is 8.23. The molecule has 0 N–H and O–H groups in total. The van der Waals surface area contributed by atoms with Crippen LogP contribution in [0.3, 0.4) is 0 Å². The number of fused-ring (bicyclic) bond motifs is 3. The van der Waals surface area contributed by atoms with Gasteiger partial charge in [0.15, 0.2) is 0 Å². The average Bonchev–Trinajstić information content (AvgIpc) is 3.68.